The Morgan fingerprint density at radius 3 is 2.39 bits per heavy atom. The summed E-state index contributed by atoms with van der Waals surface area (Å²) in [6.45, 7) is 7.33. The lowest BCUT2D eigenvalue weighted by molar-refractivity contribution is 0.586. The Labute approximate surface area is 113 Å². The summed E-state index contributed by atoms with van der Waals surface area (Å²) in [7, 11) is -3.13. The maximum absolute atomic E-state index is 11.8. The third-order valence-corrected chi connectivity index (χ3v) is 5.97. The summed E-state index contributed by atoms with van der Waals surface area (Å²) in [5.74, 6) is 0.181. The van der Waals surface area contributed by atoms with Gasteiger partial charge < -0.3 is 0 Å². The molecule has 0 spiro atoms. The van der Waals surface area contributed by atoms with Crippen molar-refractivity contribution in [3.05, 3.63) is 15.6 Å². The highest BCUT2D eigenvalue weighted by molar-refractivity contribution is 7.91. The van der Waals surface area contributed by atoms with Crippen LogP contribution in [0.5, 0.6) is 0 Å². The van der Waals surface area contributed by atoms with Gasteiger partial charge in [0.25, 0.3) is 0 Å². The van der Waals surface area contributed by atoms with Gasteiger partial charge in [-0.15, -0.1) is 11.3 Å². The van der Waals surface area contributed by atoms with Crippen molar-refractivity contribution < 1.29 is 8.42 Å². The van der Waals surface area contributed by atoms with Crippen LogP contribution in [0.1, 0.15) is 49.2 Å². The van der Waals surface area contributed by atoms with E-state index in [1.807, 2.05) is 13.8 Å². The lowest BCUT2D eigenvalue weighted by atomic mass is 10.1. The second-order valence-corrected chi connectivity index (χ2v) is 8.49. The van der Waals surface area contributed by atoms with Crippen molar-refractivity contribution in [2.45, 2.75) is 51.0 Å². The van der Waals surface area contributed by atoms with Crippen LogP contribution < -0.4 is 0 Å². The minimum absolute atomic E-state index is 0.0273. The number of sulfone groups is 1. The van der Waals surface area contributed by atoms with E-state index in [-0.39, 0.29) is 11.7 Å². The van der Waals surface area contributed by atoms with Gasteiger partial charge in [0.05, 0.1) is 23.4 Å². The predicted octanol–water partition coefficient (Wildman–Crippen LogP) is 2.66. The molecule has 0 saturated heterocycles. The normalized spacial score (nSPS) is 12.1. The quantitative estimate of drug-likeness (QED) is 0.834. The predicted molar refractivity (Wildman–Crippen MR) is 73.3 cm³/mol. The summed E-state index contributed by atoms with van der Waals surface area (Å²) in [5, 5.41) is 8.96. The molecular weight excluding hydrogens is 268 g/mol. The monoisotopic (exact) mass is 286 g/mol. The van der Waals surface area contributed by atoms with Gasteiger partial charge in [-0.1, -0.05) is 13.8 Å². The molecule has 1 aromatic heterocycles. The molecule has 0 amide bonds. The molecule has 6 heteroatoms. The van der Waals surface area contributed by atoms with E-state index >= 15 is 0 Å². The Kier molecular flexibility index (Phi) is 4.88. The van der Waals surface area contributed by atoms with E-state index < -0.39 is 15.1 Å². The van der Waals surface area contributed by atoms with E-state index in [2.05, 4.69) is 11.1 Å². The van der Waals surface area contributed by atoms with Gasteiger partial charge in [-0.3, -0.25) is 0 Å². The molecule has 0 unspecified atom stereocenters. The molecule has 0 aliphatic rings. The van der Waals surface area contributed by atoms with E-state index in [9.17, 15) is 8.42 Å². The van der Waals surface area contributed by atoms with Crippen LogP contribution in [0.25, 0.3) is 0 Å². The maximum Gasteiger partial charge on any atom is 0.159 e. The molecule has 100 valence electrons. The molecule has 0 radical (unpaired) electrons. The first-order chi connectivity index (χ1) is 8.27. The average molecular weight is 286 g/mol. The summed E-state index contributed by atoms with van der Waals surface area (Å²) < 4.78 is 23.7. The maximum atomic E-state index is 11.8. The first kappa shape index (κ1) is 15.1. The van der Waals surface area contributed by atoms with E-state index in [0.29, 0.717) is 11.4 Å². The highest BCUT2D eigenvalue weighted by Crippen LogP contribution is 2.27. The highest BCUT2D eigenvalue weighted by Gasteiger charge is 2.21. The van der Waals surface area contributed by atoms with Crippen LogP contribution in [0.15, 0.2) is 0 Å². The molecule has 0 aliphatic carbocycles. The topological polar surface area (TPSA) is 70.8 Å². The van der Waals surface area contributed by atoms with Crippen LogP contribution in [0.2, 0.25) is 0 Å². The third kappa shape index (κ3) is 3.53. The van der Waals surface area contributed by atoms with E-state index in [4.69, 9.17) is 5.26 Å². The molecule has 1 aromatic rings. The summed E-state index contributed by atoms with van der Waals surface area (Å²) in [4.78, 5) is 5.27. The lowest BCUT2D eigenvalue weighted by Gasteiger charge is -2.04. The van der Waals surface area contributed by atoms with Gasteiger partial charge >= 0.3 is 0 Å². The van der Waals surface area contributed by atoms with Crippen molar-refractivity contribution in [2.24, 2.45) is 0 Å². The van der Waals surface area contributed by atoms with Gasteiger partial charge in [0.1, 0.15) is 10.8 Å². The van der Waals surface area contributed by atoms with Crippen LogP contribution in [-0.2, 0) is 22.0 Å². The molecule has 0 aromatic carbocycles. The third-order valence-electron chi connectivity index (χ3n) is 2.60. The zero-order chi connectivity index (χ0) is 13.9. The zero-order valence-corrected chi connectivity index (χ0v) is 12.7. The Morgan fingerprint density at radius 2 is 1.94 bits per heavy atom. The van der Waals surface area contributed by atoms with E-state index in [1.54, 1.807) is 13.8 Å². The van der Waals surface area contributed by atoms with Gasteiger partial charge in [0.15, 0.2) is 9.84 Å². The molecule has 0 bridgehead atoms. The molecule has 0 fully saturated rings. The summed E-state index contributed by atoms with van der Waals surface area (Å²) >= 11 is 1.34. The van der Waals surface area contributed by atoms with Gasteiger partial charge in [-0.05, 0) is 19.8 Å². The minimum atomic E-state index is -3.13. The van der Waals surface area contributed by atoms with Crippen molar-refractivity contribution in [3.8, 4) is 6.07 Å². The largest absolute Gasteiger partial charge is 0.245 e. The Bertz CT molecular complexity index is 551. The highest BCUT2D eigenvalue weighted by atomic mass is 32.2. The number of nitrogens with zero attached hydrogens (tertiary/aromatic N) is 2. The summed E-state index contributed by atoms with van der Waals surface area (Å²) in [6, 6.07) is 2.10. The van der Waals surface area contributed by atoms with E-state index in [1.165, 1.54) is 11.3 Å². The number of thiazole rings is 1. The second kappa shape index (κ2) is 5.81. The van der Waals surface area contributed by atoms with Gasteiger partial charge in [-0.2, -0.15) is 5.26 Å². The smallest absolute Gasteiger partial charge is 0.159 e. The summed E-state index contributed by atoms with van der Waals surface area (Å²) in [5.41, 5.74) is 0.857. The first-order valence-electron chi connectivity index (χ1n) is 5.85. The second-order valence-electron chi connectivity index (χ2n) is 4.76. The average Bonchev–Trinajstić information content (AvgIpc) is 2.60. The van der Waals surface area contributed by atoms with Crippen molar-refractivity contribution >= 4 is 21.2 Å². The van der Waals surface area contributed by atoms with Crippen molar-refractivity contribution in [1.82, 2.24) is 4.98 Å². The fraction of sp³-hybridized carbons (Fsp3) is 0.667. The van der Waals surface area contributed by atoms with Gasteiger partial charge in [-0.25, -0.2) is 13.4 Å². The van der Waals surface area contributed by atoms with E-state index in [0.717, 1.165) is 10.6 Å². The fourth-order valence-corrected chi connectivity index (χ4v) is 3.89. The van der Waals surface area contributed by atoms with Crippen LogP contribution in [0, 0.1) is 11.3 Å². The molecule has 1 rings (SSSR count). The number of aromatic nitrogens is 1. The number of hydrogen-bond acceptors (Lipinski definition) is 5. The molecule has 4 nitrogen and oxygen atoms in total. The first-order valence-corrected chi connectivity index (χ1v) is 8.38. The van der Waals surface area contributed by atoms with Crippen molar-refractivity contribution in [3.63, 3.8) is 0 Å². The molecule has 0 N–H and O–H groups in total. The van der Waals surface area contributed by atoms with Crippen LogP contribution in [-0.4, -0.2) is 18.7 Å². The van der Waals surface area contributed by atoms with Gasteiger partial charge in [0, 0.05) is 4.88 Å². The minimum Gasteiger partial charge on any atom is -0.245 e. The number of rotatable bonds is 5. The molecule has 0 saturated carbocycles. The van der Waals surface area contributed by atoms with Crippen LogP contribution in [0.3, 0.4) is 0 Å². The molecule has 1 heterocycles. The van der Waals surface area contributed by atoms with Crippen molar-refractivity contribution in [2.75, 3.05) is 0 Å². The molecule has 0 aliphatic heterocycles. The van der Waals surface area contributed by atoms with Crippen molar-refractivity contribution in [1.29, 1.82) is 5.26 Å². The van der Waals surface area contributed by atoms with Crippen LogP contribution >= 0.6 is 11.3 Å². The number of nitriles is 1. The lowest BCUT2D eigenvalue weighted by Crippen LogP contribution is -2.15. The number of hydrogen-bond donors (Lipinski definition) is 0. The standard InChI is InChI=1S/C12H18N2O2S2/c1-8(2)12-10(5-6-13)17-11(14-12)7-18(15,16)9(3)4/h8-9H,5,7H2,1-4H3. The Morgan fingerprint density at radius 1 is 1.33 bits per heavy atom. The Balaban J connectivity index is 3.07. The molecule has 18 heavy (non-hydrogen) atoms. The fourth-order valence-electron chi connectivity index (χ4n) is 1.46. The summed E-state index contributed by atoms with van der Waals surface area (Å²) in [6.07, 6.45) is 0.299. The Hall–Kier alpha value is -0.930. The zero-order valence-electron chi connectivity index (χ0n) is 11.1. The van der Waals surface area contributed by atoms with Crippen LogP contribution in [0.4, 0.5) is 0 Å². The molecule has 0 atom stereocenters. The van der Waals surface area contributed by atoms with Gasteiger partial charge in [0.2, 0.25) is 0 Å². The SMILES string of the molecule is CC(C)c1nc(CS(=O)(=O)C(C)C)sc1CC#N. The molecular formula is C12H18N2O2S2.